The Bertz CT molecular complexity index is 634. The molecular formula is C12H9ClF2N2O2S. The van der Waals surface area contributed by atoms with Crippen LogP contribution in [0.1, 0.15) is 12.1 Å². The van der Waals surface area contributed by atoms with Gasteiger partial charge < -0.3 is 5.11 Å². The predicted molar refractivity (Wildman–Crippen MR) is 71.9 cm³/mol. The Morgan fingerprint density at radius 2 is 2.15 bits per heavy atom. The number of para-hydroxylation sites is 1. The fourth-order valence-corrected chi connectivity index (χ4v) is 2.48. The highest BCUT2D eigenvalue weighted by Crippen LogP contribution is 2.30. The summed E-state index contributed by atoms with van der Waals surface area (Å²) in [5.41, 5.74) is 0.00626. The van der Waals surface area contributed by atoms with Crippen molar-refractivity contribution in [3.8, 4) is 5.69 Å². The van der Waals surface area contributed by atoms with Gasteiger partial charge in [0.25, 0.3) is 6.43 Å². The Morgan fingerprint density at radius 1 is 1.45 bits per heavy atom. The number of carboxylic acid groups (broad SMARTS) is 1. The minimum atomic E-state index is -2.73. The molecule has 1 N–H and O–H groups in total. The molecule has 8 heteroatoms. The van der Waals surface area contributed by atoms with Crippen LogP contribution in [0.25, 0.3) is 5.69 Å². The fourth-order valence-electron chi connectivity index (χ4n) is 1.52. The van der Waals surface area contributed by atoms with E-state index < -0.39 is 18.1 Å². The van der Waals surface area contributed by atoms with E-state index in [1.54, 1.807) is 24.3 Å². The Kier molecular flexibility index (Phi) is 4.61. The van der Waals surface area contributed by atoms with Gasteiger partial charge in [0.2, 0.25) is 0 Å². The molecule has 0 spiro atoms. The molecule has 1 aromatic carbocycles. The second kappa shape index (κ2) is 6.23. The molecule has 0 amide bonds. The first-order chi connectivity index (χ1) is 9.49. The summed E-state index contributed by atoms with van der Waals surface area (Å²) in [6.45, 7) is 0. The van der Waals surface area contributed by atoms with Crippen LogP contribution in [0.3, 0.4) is 0 Å². The quantitative estimate of drug-likeness (QED) is 0.855. The van der Waals surface area contributed by atoms with Crippen molar-refractivity contribution < 1.29 is 18.7 Å². The topological polar surface area (TPSA) is 55.1 Å². The summed E-state index contributed by atoms with van der Waals surface area (Å²) < 4.78 is 26.7. The van der Waals surface area contributed by atoms with Gasteiger partial charge in [0, 0.05) is 0 Å². The number of alkyl halides is 2. The van der Waals surface area contributed by atoms with E-state index in [1.165, 1.54) is 10.7 Å². The van der Waals surface area contributed by atoms with Crippen molar-refractivity contribution in [1.82, 2.24) is 9.78 Å². The van der Waals surface area contributed by atoms with Gasteiger partial charge in [-0.1, -0.05) is 35.5 Å². The lowest BCUT2D eigenvalue weighted by molar-refractivity contribution is -0.133. The van der Waals surface area contributed by atoms with Gasteiger partial charge in [0.1, 0.15) is 10.7 Å². The van der Waals surface area contributed by atoms with Crippen LogP contribution in [0, 0.1) is 0 Å². The zero-order valence-electron chi connectivity index (χ0n) is 9.96. The van der Waals surface area contributed by atoms with Crippen LogP contribution in [-0.2, 0) is 4.79 Å². The van der Waals surface area contributed by atoms with Crippen molar-refractivity contribution in [2.45, 2.75) is 11.5 Å². The molecule has 0 fully saturated rings. The summed E-state index contributed by atoms with van der Waals surface area (Å²) in [6, 6.07) is 7.78. The number of nitrogens with zero attached hydrogens (tertiary/aromatic N) is 2. The molecular weight excluding hydrogens is 310 g/mol. The SMILES string of the molecule is O=C(O)CSc1cc(C(F)F)nn1-c1ccccc1Cl. The van der Waals surface area contributed by atoms with E-state index in [0.29, 0.717) is 15.7 Å². The molecule has 1 aromatic heterocycles. The average Bonchev–Trinajstić information content (AvgIpc) is 2.81. The third-order valence-electron chi connectivity index (χ3n) is 2.34. The van der Waals surface area contributed by atoms with E-state index in [-0.39, 0.29) is 5.75 Å². The second-order valence-corrected chi connectivity index (χ2v) is 5.16. The van der Waals surface area contributed by atoms with Crippen LogP contribution in [0.2, 0.25) is 5.02 Å². The van der Waals surface area contributed by atoms with Crippen molar-refractivity contribution >= 4 is 29.3 Å². The summed E-state index contributed by atoms with van der Waals surface area (Å²) in [7, 11) is 0. The third kappa shape index (κ3) is 3.29. The molecule has 4 nitrogen and oxygen atoms in total. The van der Waals surface area contributed by atoms with E-state index in [9.17, 15) is 13.6 Å². The minimum absolute atomic E-state index is 0.251. The van der Waals surface area contributed by atoms with E-state index >= 15 is 0 Å². The van der Waals surface area contributed by atoms with Crippen molar-refractivity contribution in [2.24, 2.45) is 0 Å². The molecule has 1 heterocycles. The normalized spacial score (nSPS) is 11.0. The Morgan fingerprint density at radius 3 is 2.75 bits per heavy atom. The lowest BCUT2D eigenvalue weighted by Gasteiger charge is -2.07. The zero-order chi connectivity index (χ0) is 14.7. The van der Waals surface area contributed by atoms with Crippen molar-refractivity contribution in [2.75, 3.05) is 5.75 Å². The molecule has 0 bridgehead atoms. The summed E-state index contributed by atoms with van der Waals surface area (Å²) in [5.74, 6) is -1.29. The van der Waals surface area contributed by atoms with Crippen LogP contribution in [-0.4, -0.2) is 26.6 Å². The van der Waals surface area contributed by atoms with Gasteiger partial charge in [-0.15, -0.1) is 0 Å². The number of aromatic nitrogens is 2. The molecule has 20 heavy (non-hydrogen) atoms. The maximum atomic E-state index is 12.7. The second-order valence-electron chi connectivity index (χ2n) is 3.75. The van der Waals surface area contributed by atoms with Gasteiger partial charge >= 0.3 is 5.97 Å². The van der Waals surface area contributed by atoms with Gasteiger partial charge in [-0.2, -0.15) is 5.10 Å². The first-order valence-corrected chi connectivity index (χ1v) is 6.83. The average molecular weight is 319 g/mol. The number of halogens is 3. The monoisotopic (exact) mass is 318 g/mol. The standard InChI is InChI=1S/C12H9ClF2N2O2S/c13-7-3-1-2-4-9(7)17-10(20-6-11(18)19)5-8(16-17)12(14)15/h1-5,12H,6H2,(H,18,19). The molecule has 0 aliphatic carbocycles. The molecule has 0 aliphatic heterocycles. The Labute approximate surface area is 122 Å². The first kappa shape index (κ1) is 14.8. The lowest BCUT2D eigenvalue weighted by atomic mass is 10.3. The molecule has 0 unspecified atom stereocenters. The number of hydrogen-bond acceptors (Lipinski definition) is 3. The van der Waals surface area contributed by atoms with Crippen molar-refractivity contribution in [3.63, 3.8) is 0 Å². The predicted octanol–water partition coefficient (Wildman–Crippen LogP) is 3.64. The maximum Gasteiger partial charge on any atom is 0.313 e. The number of carboxylic acids is 1. The Hall–Kier alpha value is -1.60. The number of rotatable bonds is 5. The summed E-state index contributed by atoms with van der Waals surface area (Å²) >= 11 is 6.91. The molecule has 0 radical (unpaired) electrons. The maximum absolute atomic E-state index is 12.7. The van der Waals surface area contributed by atoms with Crippen LogP contribution in [0.5, 0.6) is 0 Å². The molecule has 0 saturated carbocycles. The number of aliphatic carboxylic acids is 1. The highest BCUT2D eigenvalue weighted by atomic mass is 35.5. The van der Waals surface area contributed by atoms with Gasteiger partial charge in [0.15, 0.2) is 0 Å². The number of carbonyl (C=O) groups is 1. The van der Waals surface area contributed by atoms with Crippen LogP contribution in [0.4, 0.5) is 8.78 Å². The first-order valence-electron chi connectivity index (χ1n) is 5.46. The lowest BCUT2D eigenvalue weighted by Crippen LogP contribution is -2.03. The molecule has 0 saturated heterocycles. The summed E-state index contributed by atoms with van der Waals surface area (Å²) in [4.78, 5) is 10.6. The molecule has 2 aromatic rings. The molecule has 2 rings (SSSR count). The number of hydrogen-bond donors (Lipinski definition) is 1. The summed E-state index contributed by atoms with van der Waals surface area (Å²) in [5, 5.41) is 13.1. The van der Waals surface area contributed by atoms with Gasteiger partial charge in [-0.05, 0) is 18.2 Å². The summed E-state index contributed by atoms with van der Waals surface area (Å²) in [6.07, 6.45) is -2.73. The van der Waals surface area contributed by atoms with Gasteiger partial charge in [-0.3, -0.25) is 4.79 Å². The van der Waals surface area contributed by atoms with E-state index in [2.05, 4.69) is 5.10 Å². The van der Waals surface area contributed by atoms with E-state index in [4.69, 9.17) is 16.7 Å². The fraction of sp³-hybridized carbons (Fsp3) is 0.167. The van der Waals surface area contributed by atoms with E-state index in [0.717, 1.165) is 11.8 Å². The highest BCUT2D eigenvalue weighted by molar-refractivity contribution is 7.99. The van der Waals surface area contributed by atoms with E-state index in [1.807, 2.05) is 0 Å². The molecule has 0 atom stereocenters. The van der Waals surface area contributed by atoms with Gasteiger partial charge in [-0.25, -0.2) is 13.5 Å². The third-order valence-corrected chi connectivity index (χ3v) is 3.64. The zero-order valence-corrected chi connectivity index (χ0v) is 11.5. The van der Waals surface area contributed by atoms with Crippen molar-refractivity contribution in [1.29, 1.82) is 0 Å². The minimum Gasteiger partial charge on any atom is -0.481 e. The molecule has 0 aliphatic rings. The molecule has 106 valence electrons. The number of benzene rings is 1. The van der Waals surface area contributed by atoms with Crippen molar-refractivity contribution in [3.05, 3.63) is 41.0 Å². The Balaban J connectivity index is 2.44. The smallest absolute Gasteiger partial charge is 0.313 e. The van der Waals surface area contributed by atoms with Crippen LogP contribution >= 0.6 is 23.4 Å². The largest absolute Gasteiger partial charge is 0.481 e. The number of thioether (sulfide) groups is 1. The highest BCUT2D eigenvalue weighted by Gasteiger charge is 2.18. The van der Waals surface area contributed by atoms with Crippen LogP contribution < -0.4 is 0 Å². The van der Waals surface area contributed by atoms with Gasteiger partial charge in [0.05, 0.1) is 16.5 Å². The van der Waals surface area contributed by atoms with Crippen LogP contribution in [0.15, 0.2) is 35.4 Å².